The van der Waals surface area contributed by atoms with Crippen molar-refractivity contribution in [3.05, 3.63) is 79.4 Å². The maximum absolute atomic E-state index is 12.4. The van der Waals surface area contributed by atoms with Crippen molar-refractivity contribution in [2.45, 2.75) is 6.92 Å². The van der Waals surface area contributed by atoms with E-state index in [-0.39, 0.29) is 39.4 Å². The number of nitrogens with one attached hydrogen (secondary N) is 2. The van der Waals surface area contributed by atoms with Gasteiger partial charge in [-0.15, -0.1) is 0 Å². The van der Waals surface area contributed by atoms with Crippen LogP contribution in [-0.2, 0) is 4.74 Å². The number of anilines is 2. The fraction of sp³-hybridized carbons (Fsp3) is 0.0952. The fourth-order valence-electron chi connectivity index (χ4n) is 2.53. The zero-order valence-electron chi connectivity index (χ0n) is 16.4. The average Bonchev–Trinajstić information content (AvgIpc) is 3.04. The number of carbonyl (C=O) groups excluding carboxylic acids is 2. The molecule has 3 aromatic rings. The zero-order chi connectivity index (χ0) is 23.3. The molecule has 0 spiro atoms. The van der Waals surface area contributed by atoms with Crippen molar-refractivity contribution in [1.82, 2.24) is 5.43 Å². The van der Waals surface area contributed by atoms with Gasteiger partial charge in [0.25, 0.3) is 5.91 Å². The molecule has 2 N–H and O–H groups in total. The Morgan fingerprint density at radius 2 is 1.75 bits per heavy atom. The zero-order valence-corrected chi connectivity index (χ0v) is 19.4. The van der Waals surface area contributed by atoms with E-state index in [0.29, 0.717) is 15.7 Å². The minimum absolute atomic E-state index is 0.0167. The van der Waals surface area contributed by atoms with E-state index in [2.05, 4.69) is 15.8 Å². The third kappa shape index (κ3) is 5.75. The molecule has 0 atom stereocenters. The highest BCUT2D eigenvalue weighted by Crippen LogP contribution is 2.34. The van der Waals surface area contributed by atoms with E-state index in [1.54, 1.807) is 31.2 Å². The van der Waals surface area contributed by atoms with Crippen LogP contribution in [0.25, 0.3) is 0 Å². The molecule has 2 aromatic carbocycles. The van der Waals surface area contributed by atoms with Gasteiger partial charge in [-0.3, -0.25) is 4.79 Å². The SMILES string of the molecule is CCOC(=O)c1c(Nc2ccc(Cl)cc2)oc(/C=N\NC(=O)c2ccc(Cl)cc2Cl)c1Cl. The number of halogens is 4. The summed E-state index contributed by atoms with van der Waals surface area (Å²) in [5.74, 6) is -1.19. The summed E-state index contributed by atoms with van der Waals surface area (Å²) in [6.45, 7) is 1.81. The Kier molecular flexibility index (Phi) is 8.04. The van der Waals surface area contributed by atoms with Crippen LogP contribution in [-0.4, -0.2) is 24.7 Å². The van der Waals surface area contributed by atoms with E-state index in [9.17, 15) is 9.59 Å². The third-order valence-electron chi connectivity index (χ3n) is 3.98. The molecular weight excluding hydrogens is 500 g/mol. The minimum Gasteiger partial charge on any atom is -0.462 e. The molecule has 0 bridgehead atoms. The van der Waals surface area contributed by atoms with Gasteiger partial charge >= 0.3 is 5.97 Å². The van der Waals surface area contributed by atoms with Gasteiger partial charge < -0.3 is 14.5 Å². The number of carbonyl (C=O) groups is 2. The monoisotopic (exact) mass is 513 g/mol. The van der Waals surface area contributed by atoms with Crippen molar-refractivity contribution >= 4 is 76.1 Å². The number of furan rings is 1. The molecule has 0 aliphatic heterocycles. The van der Waals surface area contributed by atoms with Crippen LogP contribution in [0.5, 0.6) is 0 Å². The van der Waals surface area contributed by atoms with E-state index in [4.69, 9.17) is 55.6 Å². The van der Waals surface area contributed by atoms with Gasteiger partial charge in [-0.25, -0.2) is 10.2 Å². The molecule has 32 heavy (non-hydrogen) atoms. The number of benzene rings is 2. The van der Waals surface area contributed by atoms with Crippen molar-refractivity contribution in [1.29, 1.82) is 0 Å². The summed E-state index contributed by atoms with van der Waals surface area (Å²) in [6.07, 6.45) is 1.15. The first-order valence-corrected chi connectivity index (χ1v) is 10.6. The lowest BCUT2D eigenvalue weighted by Crippen LogP contribution is -2.18. The van der Waals surface area contributed by atoms with Crippen molar-refractivity contribution in [3.8, 4) is 0 Å². The Balaban J connectivity index is 1.84. The molecule has 0 saturated heterocycles. The number of hydrazone groups is 1. The Morgan fingerprint density at radius 3 is 2.41 bits per heavy atom. The summed E-state index contributed by atoms with van der Waals surface area (Å²) in [5, 5.41) is 7.84. The molecule has 1 amide bonds. The van der Waals surface area contributed by atoms with Gasteiger partial charge in [0.15, 0.2) is 5.76 Å². The number of ether oxygens (including phenoxy) is 1. The molecule has 1 heterocycles. The summed E-state index contributed by atoms with van der Waals surface area (Å²) >= 11 is 24.1. The van der Waals surface area contributed by atoms with E-state index in [1.807, 2.05) is 0 Å². The lowest BCUT2D eigenvalue weighted by atomic mass is 10.2. The van der Waals surface area contributed by atoms with Gasteiger partial charge in [0, 0.05) is 15.7 Å². The second-order valence-electron chi connectivity index (χ2n) is 6.16. The molecule has 0 aliphatic rings. The quantitative estimate of drug-likeness (QED) is 0.211. The summed E-state index contributed by atoms with van der Waals surface area (Å²) < 4.78 is 10.7. The van der Waals surface area contributed by atoms with Gasteiger partial charge in [-0.05, 0) is 49.4 Å². The molecule has 11 heteroatoms. The van der Waals surface area contributed by atoms with Crippen molar-refractivity contribution in [3.63, 3.8) is 0 Å². The van der Waals surface area contributed by atoms with Crippen LogP contribution in [0.4, 0.5) is 11.6 Å². The fourth-order valence-corrected chi connectivity index (χ4v) is 3.40. The Hall–Kier alpha value is -2.71. The van der Waals surface area contributed by atoms with Crippen LogP contribution < -0.4 is 10.7 Å². The second-order valence-corrected chi connectivity index (χ2v) is 7.82. The average molecular weight is 515 g/mol. The number of hydrogen-bond donors (Lipinski definition) is 2. The van der Waals surface area contributed by atoms with Gasteiger partial charge in [0.05, 0.1) is 23.4 Å². The van der Waals surface area contributed by atoms with E-state index >= 15 is 0 Å². The van der Waals surface area contributed by atoms with Crippen LogP contribution in [0.15, 0.2) is 52.0 Å². The van der Waals surface area contributed by atoms with Crippen LogP contribution in [0.3, 0.4) is 0 Å². The van der Waals surface area contributed by atoms with Crippen LogP contribution in [0.2, 0.25) is 20.1 Å². The molecule has 0 unspecified atom stereocenters. The van der Waals surface area contributed by atoms with E-state index in [0.717, 1.165) is 6.21 Å². The normalized spacial score (nSPS) is 10.9. The molecule has 0 fully saturated rings. The first-order valence-electron chi connectivity index (χ1n) is 9.10. The summed E-state index contributed by atoms with van der Waals surface area (Å²) in [7, 11) is 0. The van der Waals surface area contributed by atoms with Crippen LogP contribution in [0.1, 0.15) is 33.4 Å². The Labute approximate surface area is 203 Å². The molecular formula is C21H15Cl4N3O4. The second kappa shape index (κ2) is 10.7. The summed E-state index contributed by atoms with van der Waals surface area (Å²) in [5.41, 5.74) is 3.06. The smallest absolute Gasteiger partial charge is 0.345 e. The van der Waals surface area contributed by atoms with Gasteiger partial charge in [-0.1, -0.05) is 46.4 Å². The highest BCUT2D eigenvalue weighted by Gasteiger charge is 2.25. The molecule has 0 saturated carbocycles. The van der Waals surface area contributed by atoms with Gasteiger partial charge in [-0.2, -0.15) is 5.10 Å². The highest BCUT2D eigenvalue weighted by molar-refractivity contribution is 6.37. The largest absolute Gasteiger partial charge is 0.462 e. The Bertz CT molecular complexity index is 1180. The number of hydrogen-bond acceptors (Lipinski definition) is 6. The van der Waals surface area contributed by atoms with Crippen LogP contribution >= 0.6 is 46.4 Å². The summed E-state index contributed by atoms with van der Waals surface area (Å²) in [4.78, 5) is 24.7. The highest BCUT2D eigenvalue weighted by atomic mass is 35.5. The van der Waals surface area contributed by atoms with Crippen molar-refractivity contribution in [2.75, 3.05) is 11.9 Å². The van der Waals surface area contributed by atoms with Gasteiger partial charge in [0.1, 0.15) is 10.6 Å². The van der Waals surface area contributed by atoms with Crippen molar-refractivity contribution < 1.29 is 18.7 Å². The Morgan fingerprint density at radius 1 is 1.06 bits per heavy atom. The topological polar surface area (TPSA) is 92.9 Å². The maximum Gasteiger partial charge on any atom is 0.345 e. The number of nitrogens with zero attached hydrogens (tertiary/aromatic N) is 1. The number of rotatable bonds is 7. The predicted molar refractivity (Wildman–Crippen MR) is 126 cm³/mol. The first kappa shape index (κ1) is 23.9. The minimum atomic E-state index is -0.686. The molecule has 1 aromatic heterocycles. The molecule has 166 valence electrons. The maximum atomic E-state index is 12.4. The number of amides is 1. The van der Waals surface area contributed by atoms with E-state index in [1.165, 1.54) is 18.2 Å². The lowest BCUT2D eigenvalue weighted by Gasteiger charge is -2.06. The lowest BCUT2D eigenvalue weighted by molar-refractivity contribution is 0.0527. The molecule has 0 aliphatic carbocycles. The standard InChI is InChI=1S/C21H15Cl4N3O4/c1-2-31-21(30)17-18(25)16(32-20(17)27-13-6-3-11(22)4-7-13)10-26-28-19(29)14-8-5-12(23)9-15(14)24/h3-10,27H,2H2,1H3,(H,28,29)/b26-10-. The summed E-state index contributed by atoms with van der Waals surface area (Å²) in [6, 6.07) is 11.1. The molecule has 3 rings (SSSR count). The van der Waals surface area contributed by atoms with Crippen molar-refractivity contribution in [2.24, 2.45) is 5.10 Å². The molecule has 0 radical (unpaired) electrons. The molecule has 7 nitrogen and oxygen atoms in total. The van der Waals surface area contributed by atoms with Gasteiger partial charge in [0.2, 0.25) is 5.88 Å². The predicted octanol–water partition coefficient (Wildman–Crippen LogP) is 6.58. The van der Waals surface area contributed by atoms with E-state index < -0.39 is 11.9 Å². The van der Waals surface area contributed by atoms with Crippen LogP contribution in [0, 0.1) is 0 Å². The first-order chi connectivity index (χ1) is 15.3. The number of esters is 1. The third-order valence-corrected chi connectivity index (χ3v) is 5.16.